The Kier molecular flexibility index (Phi) is 2.32. The van der Waals surface area contributed by atoms with Crippen molar-refractivity contribution >= 4 is 5.97 Å². The highest BCUT2D eigenvalue weighted by Crippen LogP contribution is 2.19. The minimum Gasteiger partial charge on any atom is -0.478 e. The molecule has 0 fully saturated rings. The molecule has 1 aromatic carbocycles. The van der Waals surface area contributed by atoms with Gasteiger partial charge in [0.2, 0.25) is 0 Å². The van der Waals surface area contributed by atoms with Crippen molar-refractivity contribution in [2.24, 2.45) is 0 Å². The molecule has 0 bridgehead atoms. The summed E-state index contributed by atoms with van der Waals surface area (Å²) >= 11 is 0. The fourth-order valence-corrected chi connectivity index (χ4v) is 1.10. The normalized spacial score (nSPS) is 10.2. The van der Waals surface area contributed by atoms with E-state index in [1.807, 2.05) is 0 Å². The van der Waals surface area contributed by atoms with Crippen LogP contribution in [-0.2, 0) is 0 Å². The van der Waals surface area contributed by atoms with Gasteiger partial charge in [0, 0.05) is 5.56 Å². The predicted molar refractivity (Wildman–Crippen MR) is 42.8 cm³/mol. The van der Waals surface area contributed by atoms with Crippen molar-refractivity contribution in [3.05, 3.63) is 34.4 Å². The molecule has 0 radical (unpaired) electrons. The van der Waals surface area contributed by atoms with E-state index in [9.17, 15) is 13.6 Å². The molecule has 0 aliphatic heterocycles. The van der Waals surface area contributed by atoms with Gasteiger partial charge in [-0.15, -0.1) is 0 Å². The molecule has 0 aliphatic carbocycles. The topological polar surface area (TPSA) is 37.3 Å². The fraction of sp³-hybridized carbons (Fsp3) is 0.222. The van der Waals surface area contributed by atoms with E-state index in [1.54, 1.807) is 0 Å². The number of carboxylic acid groups (broad SMARTS) is 1. The summed E-state index contributed by atoms with van der Waals surface area (Å²) in [5.74, 6) is -3.09. The Morgan fingerprint density at radius 3 is 2.38 bits per heavy atom. The number of halogens is 2. The van der Waals surface area contributed by atoms with Crippen LogP contribution in [0.25, 0.3) is 0 Å². The second kappa shape index (κ2) is 3.12. The van der Waals surface area contributed by atoms with E-state index in [0.717, 1.165) is 6.07 Å². The summed E-state index contributed by atoms with van der Waals surface area (Å²) in [6, 6.07) is 1.02. The highest BCUT2D eigenvalue weighted by molar-refractivity contribution is 5.89. The van der Waals surface area contributed by atoms with Gasteiger partial charge in [-0.1, -0.05) is 0 Å². The Morgan fingerprint density at radius 2 is 1.92 bits per heavy atom. The maximum absolute atomic E-state index is 13.2. The molecule has 1 N–H and O–H groups in total. The first-order valence-electron chi connectivity index (χ1n) is 3.63. The van der Waals surface area contributed by atoms with Crippen molar-refractivity contribution in [1.82, 2.24) is 0 Å². The Hall–Kier alpha value is -1.45. The zero-order valence-electron chi connectivity index (χ0n) is 7.19. The van der Waals surface area contributed by atoms with Crippen LogP contribution in [0, 0.1) is 25.5 Å². The number of carbonyl (C=O) groups is 1. The van der Waals surface area contributed by atoms with Crippen LogP contribution in [0.3, 0.4) is 0 Å². The number of aryl methyl sites for hydroxylation is 1. The summed E-state index contributed by atoms with van der Waals surface area (Å²) in [4.78, 5) is 10.5. The van der Waals surface area contributed by atoms with Crippen molar-refractivity contribution in [3.8, 4) is 0 Å². The predicted octanol–water partition coefficient (Wildman–Crippen LogP) is 2.28. The summed E-state index contributed by atoms with van der Waals surface area (Å²) in [6.07, 6.45) is 0. The average molecular weight is 186 g/mol. The molecule has 0 atom stereocenters. The first-order chi connectivity index (χ1) is 5.95. The summed E-state index contributed by atoms with van der Waals surface area (Å²) in [5.41, 5.74) is -0.630. The van der Waals surface area contributed by atoms with Gasteiger partial charge >= 0.3 is 5.97 Å². The van der Waals surface area contributed by atoms with E-state index in [-0.39, 0.29) is 11.1 Å². The van der Waals surface area contributed by atoms with Crippen LogP contribution in [0.5, 0.6) is 0 Å². The number of rotatable bonds is 1. The van der Waals surface area contributed by atoms with Gasteiger partial charge < -0.3 is 5.11 Å². The van der Waals surface area contributed by atoms with E-state index in [0.29, 0.717) is 0 Å². The number of hydrogen-bond acceptors (Lipinski definition) is 1. The van der Waals surface area contributed by atoms with Crippen LogP contribution in [0.1, 0.15) is 21.5 Å². The highest BCUT2D eigenvalue weighted by atomic mass is 19.1. The van der Waals surface area contributed by atoms with Gasteiger partial charge in [0.25, 0.3) is 0 Å². The molecule has 0 aliphatic rings. The lowest BCUT2D eigenvalue weighted by atomic mass is 10.0. The molecule has 0 heterocycles. The average Bonchev–Trinajstić information content (AvgIpc) is 1.99. The maximum atomic E-state index is 13.2. The maximum Gasteiger partial charge on any atom is 0.338 e. The van der Waals surface area contributed by atoms with E-state index in [4.69, 9.17) is 5.11 Å². The van der Waals surface area contributed by atoms with Gasteiger partial charge in [0.15, 0.2) is 0 Å². The quantitative estimate of drug-likeness (QED) is 0.730. The molecular formula is C9H8F2O2. The van der Waals surface area contributed by atoms with Gasteiger partial charge in [-0.25, -0.2) is 13.6 Å². The van der Waals surface area contributed by atoms with Crippen LogP contribution >= 0.6 is 0 Å². The number of benzene rings is 1. The lowest BCUT2D eigenvalue weighted by Crippen LogP contribution is -2.07. The van der Waals surface area contributed by atoms with Crippen molar-refractivity contribution in [2.45, 2.75) is 13.8 Å². The zero-order valence-corrected chi connectivity index (χ0v) is 7.19. The van der Waals surface area contributed by atoms with E-state index >= 15 is 0 Å². The molecule has 0 aromatic heterocycles. The monoisotopic (exact) mass is 186 g/mol. The summed E-state index contributed by atoms with van der Waals surface area (Å²) in [6.45, 7) is 2.56. The number of carboxylic acids is 1. The van der Waals surface area contributed by atoms with E-state index in [2.05, 4.69) is 0 Å². The molecule has 0 saturated heterocycles. The lowest BCUT2D eigenvalue weighted by Gasteiger charge is -2.05. The Labute approximate surface area is 73.8 Å². The molecule has 0 spiro atoms. The molecule has 70 valence electrons. The highest BCUT2D eigenvalue weighted by Gasteiger charge is 2.18. The van der Waals surface area contributed by atoms with Gasteiger partial charge in [-0.2, -0.15) is 0 Å². The Bertz CT molecular complexity index is 372. The van der Waals surface area contributed by atoms with Crippen molar-refractivity contribution in [3.63, 3.8) is 0 Å². The van der Waals surface area contributed by atoms with Crippen LogP contribution in [0.4, 0.5) is 8.78 Å². The molecule has 0 saturated carbocycles. The van der Waals surface area contributed by atoms with E-state index in [1.165, 1.54) is 13.8 Å². The van der Waals surface area contributed by atoms with Gasteiger partial charge in [0.1, 0.15) is 11.6 Å². The number of aromatic carboxylic acids is 1. The zero-order chi connectivity index (χ0) is 10.2. The van der Waals surface area contributed by atoms with Crippen LogP contribution in [0.15, 0.2) is 6.07 Å². The minimum absolute atomic E-state index is 0.0908. The molecule has 0 amide bonds. The second-order valence-electron chi connectivity index (χ2n) is 2.79. The van der Waals surface area contributed by atoms with Crippen molar-refractivity contribution in [1.29, 1.82) is 0 Å². The second-order valence-corrected chi connectivity index (χ2v) is 2.79. The summed E-state index contributed by atoms with van der Waals surface area (Å²) in [5, 5.41) is 8.60. The third-order valence-corrected chi connectivity index (χ3v) is 1.86. The SMILES string of the molecule is Cc1cc(F)c(C)c(F)c1C(=O)O. The third-order valence-electron chi connectivity index (χ3n) is 1.86. The Morgan fingerprint density at radius 1 is 1.38 bits per heavy atom. The summed E-state index contributed by atoms with van der Waals surface area (Å²) in [7, 11) is 0. The van der Waals surface area contributed by atoms with Gasteiger partial charge in [0.05, 0.1) is 5.56 Å². The molecule has 0 unspecified atom stereocenters. The molecular weight excluding hydrogens is 178 g/mol. The molecule has 2 nitrogen and oxygen atoms in total. The first kappa shape index (κ1) is 9.64. The largest absolute Gasteiger partial charge is 0.478 e. The van der Waals surface area contributed by atoms with E-state index < -0.39 is 23.2 Å². The third kappa shape index (κ3) is 1.52. The summed E-state index contributed by atoms with van der Waals surface area (Å²) < 4.78 is 26.0. The smallest absolute Gasteiger partial charge is 0.338 e. The lowest BCUT2D eigenvalue weighted by molar-refractivity contribution is 0.0690. The first-order valence-corrected chi connectivity index (χ1v) is 3.63. The van der Waals surface area contributed by atoms with Crippen LogP contribution in [-0.4, -0.2) is 11.1 Å². The number of hydrogen-bond donors (Lipinski definition) is 1. The van der Waals surface area contributed by atoms with Crippen LogP contribution < -0.4 is 0 Å². The van der Waals surface area contributed by atoms with Crippen molar-refractivity contribution < 1.29 is 18.7 Å². The van der Waals surface area contributed by atoms with Crippen LogP contribution in [0.2, 0.25) is 0 Å². The van der Waals surface area contributed by atoms with Gasteiger partial charge in [-0.3, -0.25) is 0 Å². The molecule has 13 heavy (non-hydrogen) atoms. The molecule has 4 heteroatoms. The molecule has 1 rings (SSSR count). The van der Waals surface area contributed by atoms with Crippen molar-refractivity contribution in [2.75, 3.05) is 0 Å². The minimum atomic E-state index is -1.38. The van der Waals surface area contributed by atoms with Gasteiger partial charge in [-0.05, 0) is 25.5 Å². The standard InChI is InChI=1S/C9H8F2O2/c1-4-3-6(10)5(2)8(11)7(4)9(12)13/h3H,1-2H3,(H,12,13). The Balaban J connectivity index is 3.53. The fourth-order valence-electron chi connectivity index (χ4n) is 1.10. The molecule has 1 aromatic rings.